The molecule has 0 aliphatic carbocycles. The van der Waals surface area contributed by atoms with Crippen molar-refractivity contribution in [3.63, 3.8) is 0 Å². The normalized spacial score (nSPS) is 10.0. The zero-order valence-electron chi connectivity index (χ0n) is 10.2. The Morgan fingerprint density at radius 1 is 1.12 bits per heavy atom. The second-order valence-corrected chi connectivity index (χ2v) is 4.16. The molecule has 0 N–H and O–H groups in total. The number of pyridine rings is 1. The van der Waals surface area contributed by atoms with Gasteiger partial charge in [0.05, 0.1) is 0 Å². The number of rotatable bonds is 7. The summed E-state index contributed by atoms with van der Waals surface area (Å²) in [4.78, 5) is 0. The van der Waals surface area contributed by atoms with Gasteiger partial charge in [-0.1, -0.05) is 32.6 Å². The fourth-order valence-electron chi connectivity index (χ4n) is 1.84. The molecule has 0 fully saturated rings. The number of aromatic nitrogens is 1. The van der Waals surface area contributed by atoms with Gasteiger partial charge in [0.2, 0.25) is 0 Å². The first-order valence-electron chi connectivity index (χ1n) is 6.27. The van der Waals surface area contributed by atoms with Crippen LogP contribution < -0.4 is 4.57 Å². The van der Waals surface area contributed by atoms with Crippen LogP contribution in [0.1, 0.15) is 51.1 Å². The monoisotopic (exact) mass is 217 g/mol. The Bertz CT molecular complexity index is 339. The van der Waals surface area contributed by atoms with Gasteiger partial charge in [0.1, 0.15) is 6.54 Å². The Kier molecular flexibility index (Phi) is 6.25. The van der Waals surface area contributed by atoms with Crippen LogP contribution in [-0.2, 0) is 6.54 Å². The molecular weight excluding hydrogens is 196 g/mol. The molecule has 2 nitrogen and oxygen atoms in total. The Hall–Kier alpha value is -1.36. The van der Waals surface area contributed by atoms with Gasteiger partial charge in [-0.25, -0.2) is 0 Å². The summed E-state index contributed by atoms with van der Waals surface area (Å²) in [7, 11) is 0. The molecule has 0 saturated carbocycles. The summed E-state index contributed by atoms with van der Waals surface area (Å²) in [6.45, 7) is 3.20. The number of unbranched alkanes of at least 4 members (excludes halogenated alkanes) is 5. The summed E-state index contributed by atoms with van der Waals surface area (Å²) in [5.41, 5.74) is 0.760. The van der Waals surface area contributed by atoms with Gasteiger partial charge in [-0.05, 0) is 12.5 Å². The first-order chi connectivity index (χ1) is 7.88. The lowest BCUT2D eigenvalue weighted by Crippen LogP contribution is -2.36. The highest BCUT2D eigenvalue weighted by Gasteiger charge is 2.06. The van der Waals surface area contributed by atoms with Crippen molar-refractivity contribution in [2.45, 2.75) is 52.0 Å². The molecule has 0 unspecified atom stereocenters. The number of hydrogen-bond donors (Lipinski definition) is 0. The number of hydrogen-bond acceptors (Lipinski definition) is 1. The van der Waals surface area contributed by atoms with Crippen LogP contribution in [-0.4, -0.2) is 0 Å². The van der Waals surface area contributed by atoms with Crippen molar-refractivity contribution in [1.29, 1.82) is 5.26 Å². The van der Waals surface area contributed by atoms with Crippen LogP contribution in [0.5, 0.6) is 0 Å². The van der Waals surface area contributed by atoms with Crippen molar-refractivity contribution in [2.75, 3.05) is 0 Å². The molecule has 0 atom stereocenters. The Balaban J connectivity index is 2.24. The molecule has 2 heteroatoms. The summed E-state index contributed by atoms with van der Waals surface area (Å²) in [6, 6.07) is 7.99. The smallest absolute Gasteiger partial charge is 0.190 e. The minimum atomic E-state index is 0.760. The van der Waals surface area contributed by atoms with Crippen molar-refractivity contribution in [3.05, 3.63) is 30.1 Å². The van der Waals surface area contributed by atoms with E-state index in [4.69, 9.17) is 5.26 Å². The quantitative estimate of drug-likeness (QED) is 0.509. The third-order valence-corrected chi connectivity index (χ3v) is 2.81. The minimum Gasteiger partial charge on any atom is -0.190 e. The lowest BCUT2D eigenvalue weighted by molar-refractivity contribution is -0.699. The van der Waals surface area contributed by atoms with Crippen molar-refractivity contribution < 1.29 is 4.57 Å². The molecule has 1 aromatic rings. The summed E-state index contributed by atoms with van der Waals surface area (Å²) >= 11 is 0. The first-order valence-corrected chi connectivity index (χ1v) is 6.27. The SMILES string of the molecule is CCCCCCCC[n+]1ccccc1C#N. The predicted octanol–water partition coefficient (Wildman–Crippen LogP) is 3.21. The summed E-state index contributed by atoms with van der Waals surface area (Å²) < 4.78 is 2.04. The van der Waals surface area contributed by atoms with Gasteiger partial charge in [0.25, 0.3) is 5.69 Å². The maximum absolute atomic E-state index is 8.92. The molecule has 0 spiro atoms. The van der Waals surface area contributed by atoms with E-state index in [-0.39, 0.29) is 0 Å². The lowest BCUT2D eigenvalue weighted by atomic mass is 10.1. The third-order valence-electron chi connectivity index (χ3n) is 2.81. The van der Waals surface area contributed by atoms with Gasteiger partial charge >= 0.3 is 0 Å². The zero-order chi connectivity index (χ0) is 11.6. The molecule has 0 aliphatic rings. The van der Waals surface area contributed by atoms with Gasteiger partial charge in [-0.2, -0.15) is 9.83 Å². The molecule has 1 heterocycles. The predicted molar refractivity (Wildman–Crippen MR) is 64.7 cm³/mol. The highest BCUT2D eigenvalue weighted by atomic mass is 14.9. The minimum absolute atomic E-state index is 0.760. The highest BCUT2D eigenvalue weighted by Crippen LogP contribution is 2.04. The van der Waals surface area contributed by atoms with E-state index in [1.165, 1.54) is 38.5 Å². The van der Waals surface area contributed by atoms with Crippen molar-refractivity contribution in [3.8, 4) is 6.07 Å². The van der Waals surface area contributed by atoms with Crippen molar-refractivity contribution in [2.24, 2.45) is 0 Å². The Morgan fingerprint density at radius 2 is 1.88 bits per heavy atom. The van der Waals surface area contributed by atoms with Crippen LogP contribution in [0.15, 0.2) is 24.4 Å². The molecule has 0 saturated heterocycles. The van der Waals surface area contributed by atoms with Crippen LogP contribution >= 0.6 is 0 Å². The van der Waals surface area contributed by atoms with Gasteiger partial charge in [0.15, 0.2) is 12.3 Å². The van der Waals surface area contributed by atoms with Crippen molar-refractivity contribution >= 4 is 0 Å². The second-order valence-electron chi connectivity index (χ2n) is 4.16. The van der Waals surface area contributed by atoms with E-state index in [0.717, 1.165) is 12.2 Å². The molecule has 0 aromatic carbocycles. The van der Waals surface area contributed by atoms with Crippen molar-refractivity contribution in [1.82, 2.24) is 0 Å². The van der Waals surface area contributed by atoms with E-state index in [1.807, 2.05) is 29.0 Å². The molecule has 0 amide bonds. The van der Waals surface area contributed by atoms with Crippen LogP contribution in [0.2, 0.25) is 0 Å². The fourth-order valence-corrected chi connectivity index (χ4v) is 1.84. The van der Waals surface area contributed by atoms with Crippen LogP contribution in [0.4, 0.5) is 0 Å². The Morgan fingerprint density at radius 3 is 2.62 bits per heavy atom. The van der Waals surface area contributed by atoms with Gasteiger partial charge in [-0.3, -0.25) is 0 Å². The second kappa shape index (κ2) is 7.87. The van der Waals surface area contributed by atoms with Gasteiger partial charge in [-0.15, -0.1) is 0 Å². The summed E-state index contributed by atoms with van der Waals surface area (Å²) in [5.74, 6) is 0. The standard InChI is InChI=1S/C14H21N2/c1-2-3-4-5-6-8-11-16-12-9-7-10-14(16)13-15/h7,9-10,12H,2-6,8,11H2,1H3/q+1. The lowest BCUT2D eigenvalue weighted by Gasteiger charge is -1.99. The summed E-state index contributed by atoms with van der Waals surface area (Å²) in [6.07, 6.45) is 9.75. The molecule has 1 rings (SSSR count). The molecule has 16 heavy (non-hydrogen) atoms. The van der Waals surface area contributed by atoms with E-state index in [9.17, 15) is 0 Å². The number of aryl methyl sites for hydroxylation is 1. The summed E-state index contributed by atoms with van der Waals surface area (Å²) in [5, 5.41) is 8.92. The molecule has 0 radical (unpaired) electrons. The van der Waals surface area contributed by atoms with Gasteiger partial charge in [0, 0.05) is 18.6 Å². The fraction of sp³-hybridized carbons (Fsp3) is 0.571. The average Bonchev–Trinajstić information content (AvgIpc) is 2.34. The van der Waals surface area contributed by atoms with E-state index in [2.05, 4.69) is 13.0 Å². The third kappa shape index (κ3) is 4.44. The average molecular weight is 217 g/mol. The highest BCUT2D eigenvalue weighted by molar-refractivity contribution is 5.12. The van der Waals surface area contributed by atoms with E-state index in [0.29, 0.717) is 0 Å². The Labute approximate surface area is 98.5 Å². The molecule has 0 bridgehead atoms. The topological polar surface area (TPSA) is 27.7 Å². The van der Waals surface area contributed by atoms with Crippen LogP contribution in [0, 0.1) is 11.3 Å². The van der Waals surface area contributed by atoms with Crippen LogP contribution in [0.25, 0.3) is 0 Å². The zero-order valence-corrected chi connectivity index (χ0v) is 10.2. The van der Waals surface area contributed by atoms with E-state index < -0.39 is 0 Å². The van der Waals surface area contributed by atoms with Crippen LogP contribution in [0.3, 0.4) is 0 Å². The number of nitrogens with zero attached hydrogens (tertiary/aromatic N) is 2. The maximum atomic E-state index is 8.92. The number of nitriles is 1. The van der Waals surface area contributed by atoms with E-state index >= 15 is 0 Å². The largest absolute Gasteiger partial charge is 0.283 e. The van der Waals surface area contributed by atoms with E-state index in [1.54, 1.807) is 0 Å². The molecule has 1 aromatic heterocycles. The molecule has 86 valence electrons. The van der Waals surface area contributed by atoms with Gasteiger partial charge < -0.3 is 0 Å². The molecular formula is C14H21N2+. The maximum Gasteiger partial charge on any atom is 0.283 e. The first kappa shape index (κ1) is 12.7. The molecule has 0 aliphatic heterocycles.